The van der Waals surface area contributed by atoms with Gasteiger partial charge in [-0.05, 0) is 17.7 Å². The van der Waals surface area contributed by atoms with Gasteiger partial charge in [0, 0.05) is 34.6 Å². The highest BCUT2D eigenvalue weighted by Crippen LogP contribution is 2.34. The molecule has 0 bridgehead atoms. The van der Waals surface area contributed by atoms with E-state index in [9.17, 15) is 0 Å². The van der Waals surface area contributed by atoms with Gasteiger partial charge in [-0.15, -0.1) is 0 Å². The highest BCUT2D eigenvalue weighted by Gasteiger charge is 2.23. The highest BCUT2D eigenvalue weighted by atomic mass is 32.2. The number of nitrogens with two attached hydrogens (primary N) is 1. The molecular formula is C13H19NO2S2. The molecule has 0 spiro atoms. The van der Waals surface area contributed by atoms with Crippen LogP contribution in [0.2, 0.25) is 0 Å². The van der Waals surface area contributed by atoms with Gasteiger partial charge < -0.3 is 15.2 Å². The molecule has 3 nitrogen and oxygen atoms in total. The molecule has 0 aliphatic carbocycles. The van der Waals surface area contributed by atoms with E-state index in [1.165, 1.54) is 11.5 Å². The van der Waals surface area contributed by atoms with Crippen LogP contribution in [0.15, 0.2) is 18.2 Å². The molecule has 2 N–H and O–H groups in total. The Kier molecular flexibility index (Phi) is 5.09. The average molecular weight is 285 g/mol. The molecular weight excluding hydrogens is 266 g/mol. The Morgan fingerprint density at radius 2 is 1.83 bits per heavy atom. The Morgan fingerprint density at radius 1 is 1.17 bits per heavy atom. The van der Waals surface area contributed by atoms with Gasteiger partial charge in [0.05, 0.1) is 14.2 Å². The monoisotopic (exact) mass is 285 g/mol. The first-order chi connectivity index (χ1) is 8.74. The van der Waals surface area contributed by atoms with E-state index >= 15 is 0 Å². The fourth-order valence-electron chi connectivity index (χ4n) is 1.95. The predicted molar refractivity (Wildman–Crippen MR) is 80.0 cm³/mol. The van der Waals surface area contributed by atoms with Crippen LogP contribution in [0.5, 0.6) is 11.5 Å². The normalized spacial score (nSPS) is 21.4. The van der Waals surface area contributed by atoms with Gasteiger partial charge in [0.15, 0.2) is 0 Å². The zero-order chi connectivity index (χ0) is 13.0. The first kappa shape index (κ1) is 13.9. The van der Waals surface area contributed by atoms with E-state index in [4.69, 9.17) is 15.2 Å². The molecule has 100 valence electrons. The minimum Gasteiger partial charge on any atom is -0.497 e. The quantitative estimate of drug-likeness (QED) is 0.921. The van der Waals surface area contributed by atoms with Crippen molar-refractivity contribution in [2.24, 2.45) is 5.73 Å². The lowest BCUT2D eigenvalue weighted by atomic mass is 10.0. The lowest BCUT2D eigenvalue weighted by molar-refractivity contribution is 0.392. The fraction of sp³-hybridized carbons (Fsp3) is 0.538. The third-order valence-electron chi connectivity index (χ3n) is 3.00. The van der Waals surface area contributed by atoms with Gasteiger partial charge in [0.2, 0.25) is 0 Å². The minimum atomic E-state index is 0.0341. The molecule has 1 aliphatic rings. The van der Waals surface area contributed by atoms with Gasteiger partial charge >= 0.3 is 0 Å². The molecule has 1 heterocycles. The van der Waals surface area contributed by atoms with E-state index in [1.54, 1.807) is 14.2 Å². The summed E-state index contributed by atoms with van der Waals surface area (Å²) in [5.41, 5.74) is 7.46. The minimum absolute atomic E-state index is 0.0341. The van der Waals surface area contributed by atoms with Crippen molar-refractivity contribution >= 4 is 23.5 Å². The molecule has 1 saturated heterocycles. The van der Waals surface area contributed by atoms with Gasteiger partial charge in [-0.3, -0.25) is 0 Å². The molecule has 18 heavy (non-hydrogen) atoms. The second kappa shape index (κ2) is 6.59. The molecule has 1 aromatic carbocycles. The Morgan fingerprint density at radius 3 is 2.33 bits per heavy atom. The van der Waals surface area contributed by atoms with Crippen LogP contribution in [-0.2, 0) is 0 Å². The number of benzene rings is 1. The summed E-state index contributed by atoms with van der Waals surface area (Å²) >= 11 is 3.95. The maximum absolute atomic E-state index is 6.37. The van der Waals surface area contributed by atoms with Crippen LogP contribution in [-0.4, -0.2) is 36.7 Å². The van der Waals surface area contributed by atoms with Crippen molar-refractivity contribution in [3.05, 3.63) is 23.8 Å². The van der Waals surface area contributed by atoms with E-state index in [1.807, 2.05) is 41.7 Å². The largest absolute Gasteiger partial charge is 0.497 e. The van der Waals surface area contributed by atoms with Crippen molar-refractivity contribution in [3.8, 4) is 11.5 Å². The number of hydrogen-bond donors (Lipinski definition) is 1. The van der Waals surface area contributed by atoms with Gasteiger partial charge in [0.25, 0.3) is 0 Å². The summed E-state index contributed by atoms with van der Waals surface area (Å²) in [6, 6.07) is 5.92. The topological polar surface area (TPSA) is 44.5 Å². The van der Waals surface area contributed by atoms with Crippen molar-refractivity contribution in [2.75, 3.05) is 31.5 Å². The van der Waals surface area contributed by atoms with E-state index in [0.717, 1.165) is 22.8 Å². The Bertz CT molecular complexity index is 372. The summed E-state index contributed by atoms with van der Waals surface area (Å²) in [5.74, 6) is 5.13. The molecule has 0 amide bonds. The van der Waals surface area contributed by atoms with E-state index < -0.39 is 0 Å². The van der Waals surface area contributed by atoms with Gasteiger partial charge in [0.1, 0.15) is 11.5 Å². The summed E-state index contributed by atoms with van der Waals surface area (Å²) in [7, 11) is 3.32. The first-order valence-electron chi connectivity index (χ1n) is 5.92. The Balaban J connectivity index is 2.19. The van der Waals surface area contributed by atoms with Gasteiger partial charge in [-0.1, -0.05) is 0 Å². The maximum atomic E-state index is 6.37. The van der Waals surface area contributed by atoms with Crippen LogP contribution in [0.25, 0.3) is 0 Å². The lowest BCUT2D eigenvalue weighted by Crippen LogP contribution is -2.28. The molecule has 2 rings (SSSR count). The molecule has 0 radical (unpaired) electrons. The van der Waals surface area contributed by atoms with Gasteiger partial charge in [-0.25, -0.2) is 0 Å². The van der Waals surface area contributed by atoms with E-state index in [0.29, 0.717) is 5.25 Å². The molecule has 1 fully saturated rings. The molecule has 1 aliphatic heterocycles. The van der Waals surface area contributed by atoms with Gasteiger partial charge in [-0.2, -0.15) is 23.5 Å². The van der Waals surface area contributed by atoms with Crippen LogP contribution < -0.4 is 15.2 Å². The zero-order valence-electron chi connectivity index (χ0n) is 10.7. The molecule has 0 saturated carbocycles. The standard InChI is InChI=1S/C13H19NO2S2/c1-15-10-5-9(6-11(7-10)16-2)13(14)12-8-17-3-4-18-12/h5-7,12-13H,3-4,8,14H2,1-2H3. The SMILES string of the molecule is COc1cc(OC)cc(C(N)C2CSCCS2)c1. The van der Waals surface area contributed by atoms with E-state index in [2.05, 4.69) is 0 Å². The van der Waals surface area contributed by atoms with Crippen LogP contribution >= 0.6 is 23.5 Å². The molecule has 2 atom stereocenters. The predicted octanol–water partition coefficient (Wildman–Crippen LogP) is 2.55. The van der Waals surface area contributed by atoms with Crippen molar-refractivity contribution in [1.82, 2.24) is 0 Å². The van der Waals surface area contributed by atoms with Crippen LogP contribution in [0.1, 0.15) is 11.6 Å². The summed E-state index contributed by atoms with van der Waals surface area (Å²) in [4.78, 5) is 0. The first-order valence-corrected chi connectivity index (χ1v) is 8.13. The van der Waals surface area contributed by atoms with Crippen LogP contribution in [0.3, 0.4) is 0 Å². The number of rotatable bonds is 4. The summed E-state index contributed by atoms with van der Waals surface area (Å²) in [6.07, 6.45) is 0. The second-order valence-electron chi connectivity index (χ2n) is 4.16. The average Bonchev–Trinajstić information content (AvgIpc) is 2.46. The van der Waals surface area contributed by atoms with E-state index in [-0.39, 0.29) is 6.04 Å². The highest BCUT2D eigenvalue weighted by molar-refractivity contribution is 8.06. The number of ether oxygens (including phenoxy) is 2. The second-order valence-corrected chi connectivity index (χ2v) is 6.65. The molecule has 1 aromatic rings. The lowest BCUT2D eigenvalue weighted by Gasteiger charge is -2.27. The molecule has 2 unspecified atom stereocenters. The smallest absolute Gasteiger partial charge is 0.122 e. The molecule has 0 aromatic heterocycles. The number of hydrogen-bond acceptors (Lipinski definition) is 5. The third kappa shape index (κ3) is 3.28. The summed E-state index contributed by atoms with van der Waals surface area (Å²) < 4.78 is 10.6. The van der Waals surface area contributed by atoms with Crippen molar-refractivity contribution < 1.29 is 9.47 Å². The molecule has 5 heteroatoms. The number of thioether (sulfide) groups is 2. The number of methoxy groups -OCH3 is 2. The third-order valence-corrected chi connectivity index (χ3v) is 5.89. The Hall–Kier alpha value is -0.520. The van der Waals surface area contributed by atoms with Crippen molar-refractivity contribution in [3.63, 3.8) is 0 Å². The van der Waals surface area contributed by atoms with Crippen LogP contribution in [0, 0.1) is 0 Å². The van der Waals surface area contributed by atoms with Crippen molar-refractivity contribution in [1.29, 1.82) is 0 Å². The zero-order valence-corrected chi connectivity index (χ0v) is 12.4. The summed E-state index contributed by atoms with van der Waals surface area (Å²) in [5, 5.41) is 0.473. The maximum Gasteiger partial charge on any atom is 0.122 e. The fourth-order valence-corrected chi connectivity index (χ4v) is 4.75. The Labute approximate surface area is 117 Å². The van der Waals surface area contributed by atoms with Crippen molar-refractivity contribution in [2.45, 2.75) is 11.3 Å². The van der Waals surface area contributed by atoms with Crippen LogP contribution in [0.4, 0.5) is 0 Å². The summed E-state index contributed by atoms with van der Waals surface area (Å²) in [6.45, 7) is 0.